The first-order valence-corrected chi connectivity index (χ1v) is 51.3. The number of aromatic nitrogens is 1. The molecule has 10 heterocycles. The van der Waals surface area contributed by atoms with Crippen LogP contribution in [0, 0.1) is 0 Å². The van der Waals surface area contributed by atoms with Crippen LogP contribution < -0.4 is 102 Å². The smallest absolute Gasteiger partial charge is 0.250 e. The standard InChI is InChI=1S/2C24H31N3O2.C23H29N3O2.C23H27N3O2.C23H29N3O2/c1-24(2)18-13-17(21(29-4)14-20(18)27(3)23(24)28)15-26-19-11-8-12-25-22(19)16-9-6-5-7-10-16;1-3-29-22-15-18-11-12-23(28)27(2)21(18)14-19(22)16-26-20-10-7-13-25-24(20)17-8-5-4-6-9-17;2*1-26-20-13-18(21(28-2)14-17(20)10-11-22(26)27)15-25-19-9-6-12-24-23(19)16-7-4-3-5-8-16;1-26-20-14-21(28-2)18(13-17(20)10-11-22(26)27)15-25-19-9-6-12-24-23(19)16-7-4-3-5-8-16/h5-7,9-10,13-14,19,22,25-26H,8,11-12,15H2,1-4H3;4-6,8-9,14-15,20,24-26H,3,7,10-13,16H2,1-2H3;3-5,7-8,13-14,19,23-25H,6,9-12,15H2,1-2H3;3-5,7-8,10-11,13-14,19,23-25H,6,9,12,15H2,1-2H3;3-5,7-8,13-14,19,23-25H,6,9-12,15H2,1-2H3/t19?,22-;20?,24-;2*19?,23-;19-,23-/m00000/s1. The highest BCUT2D eigenvalue weighted by atomic mass is 16.5. The number of methoxy groups -OCH3 is 4. The molecule has 0 spiro atoms. The largest absolute Gasteiger partial charge is 0.496 e. The second kappa shape index (κ2) is 48.8. The van der Waals surface area contributed by atoms with Crippen LogP contribution >= 0.6 is 0 Å². The van der Waals surface area contributed by atoms with E-state index in [9.17, 15) is 24.0 Å². The van der Waals surface area contributed by atoms with Gasteiger partial charge >= 0.3 is 0 Å². The van der Waals surface area contributed by atoms with Crippen molar-refractivity contribution in [2.75, 3.05) is 116 Å². The number of hydrogen-bond donors (Lipinski definition) is 10. The number of pyridine rings is 1. The van der Waals surface area contributed by atoms with E-state index in [-0.39, 0.29) is 29.2 Å². The number of aryl methyl sites for hydroxylation is 4. The average molecular weight is 1920 g/mol. The number of benzene rings is 10. The van der Waals surface area contributed by atoms with E-state index in [1.165, 1.54) is 63.8 Å². The van der Waals surface area contributed by atoms with Crippen LogP contribution in [0.25, 0.3) is 10.9 Å². The van der Waals surface area contributed by atoms with Crippen molar-refractivity contribution in [3.8, 4) is 28.7 Å². The van der Waals surface area contributed by atoms with Gasteiger partial charge in [-0.05, 0) is 242 Å². The van der Waals surface area contributed by atoms with E-state index in [4.69, 9.17) is 23.7 Å². The molecular weight excluding hydrogens is 1780 g/mol. The summed E-state index contributed by atoms with van der Waals surface area (Å²) in [4.78, 5) is 68.0. The molecule has 20 rings (SSSR count). The van der Waals surface area contributed by atoms with Gasteiger partial charge in [-0.25, -0.2) is 0 Å². The zero-order valence-corrected chi connectivity index (χ0v) is 85.0. The molecule has 25 heteroatoms. The van der Waals surface area contributed by atoms with Gasteiger partial charge < -0.3 is 101 Å². The quantitative estimate of drug-likeness (QED) is 0.0241. The van der Waals surface area contributed by atoms with Gasteiger partial charge in [-0.3, -0.25) is 24.0 Å². The zero-order valence-electron chi connectivity index (χ0n) is 85.0. The number of ether oxygens (including phenoxy) is 5. The lowest BCUT2D eigenvalue weighted by Gasteiger charge is -2.34. The van der Waals surface area contributed by atoms with E-state index in [1.54, 1.807) is 58.7 Å². The SMILES string of the molecule is CCOc1cc2c(cc1CNC1CCCN[C@H]1c1ccccc1)N(C)C(=O)CC2.COc1cc2c(cc1CNC1CCCN[C@H]1c1ccccc1)C(C)(C)C(=O)N2C.COc1cc2c(cc1CNC1CCCN[C@H]1c1ccccc1)N(C)C(=O)CC2.COc1cc2c(cc1CN[C@H]1CCCN[C@H]1c1ccccc1)CCC(=O)N2C.COc1cc2ccc(=O)n(C)c2cc1CNC1CCCN[C@H]1c1ccccc1. The molecule has 4 unspecified atom stereocenters. The number of nitrogens with one attached hydrogen (secondary N) is 10. The van der Waals surface area contributed by atoms with Crippen molar-refractivity contribution >= 4 is 57.3 Å². The van der Waals surface area contributed by atoms with Crippen molar-refractivity contribution in [3.63, 3.8) is 0 Å². The average Bonchev–Trinajstić information content (AvgIpc) is 1.59. The van der Waals surface area contributed by atoms with Gasteiger partial charge in [-0.15, -0.1) is 0 Å². The molecule has 142 heavy (non-hydrogen) atoms. The maximum Gasteiger partial charge on any atom is 0.250 e. The van der Waals surface area contributed by atoms with Crippen molar-refractivity contribution in [1.29, 1.82) is 0 Å². The highest BCUT2D eigenvalue weighted by Crippen LogP contribution is 2.46. The number of anilines is 4. The Morgan fingerprint density at radius 1 is 0.324 bits per heavy atom. The van der Waals surface area contributed by atoms with Crippen molar-refractivity contribution in [3.05, 3.63) is 313 Å². The molecule has 750 valence electrons. The molecule has 11 aromatic rings. The molecule has 0 radical (unpaired) electrons. The molecular formula is C117H147N15O10. The minimum atomic E-state index is -0.510. The topological polar surface area (TPSA) is 270 Å². The second-order valence-corrected chi connectivity index (χ2v) is 39.4. The molecule has 4 amide bonds. The van der Waals surface area contributed by atoms with Gasteiger partial charge in [0.25, 0.3) is 5.56 Å². The van der Waals surface area contributed by atoms with Crippen LogP contribution in [0.1, 0.15) is 212 Å². The lowest BCUT2D eigenvalue weighted by Crippen LogP contribution is -2.45. The van der Waals surface area contributed by atoms with E-state index < -0.39 is 5.41 Å². The maximum atomic E-state index is 12.7. The Kier molecular flexibility index (Phi) is 35.3. The Balaban J connectivity index is 0.000000128. The number of rotatable bonds is 26. The summed E-state index contributed by atoms with van der Waals surface area (Å²) in [6.07, 6.45) is 15.6. The first-order chi connectivity index (χ1) is 69.1. The predicted octanol–water partition coefficient (Wildman–Crippen LogP) is 16.6. The van der Waals surface area contributed by atoms with Crippen LogP contribution in [0.4, 0.5) is 22.7 Å². The van der Waals surface area contributed by atoms with Gasteiger partial charge in [0, 0.05) is 210 Å². The van der Waals surface area contributed by atoms with Crippen molar-refractivity contribution in [1.82, 2.24) is 57.7 Å². The Hall–Kier alpha value is -12.1. The molecule has 10 atom stereocenters. The first kappa shape index (κ1) is 103. The van der Waals surface area contributed by atoms with Crippen LogP contribution in [0.15, 0.2) is 229 Å². The number of amides is 4. The van der Waals surface area contributed by atoms with E-state index >= 15 is 0 Å². The zero-order chi connectivity index (χ0) is 99.3. The van der Waals surface area contributed by atoms with Crippen LogP contribution in [-0.4, -0.2) is 154 Å². The summed E-state index contributed by atoms with van der Waals surface area (Å²) in [6.45, 7) is 15.5. The molecule has 5 saturated heterocycles. The lowest BCUT2D eigenvalue weighted by molar-refractivity contribution is -0.122. The Labute approximate surface area is 839 Å². The molecule has 0 aliphatic carbocycles. The van der Waals surface area contributed by atoms with Gasteiger partial charge in [-0.1, -0.05) is 152 Å². The summed E-state index contributed by atoms with van der Waals surface area (Å²) in [5.41, 5.74) is 21.2. The molecule has 9 aliphatic rings. The monoisotopic (exact) mass is 1920 g/mol. The number of likely N-dealkylation sites (N-methyl/N-ethyl adjacent to an activating group) is 1. The van der Waals surface area contributed by atoms with Gasteiger partial charge in [0.1, 0.15) is 28.7 Å². The van der Waals surface area contributed by atoms with Crippen LogP contribution in [0.3, 0.4) is 0 Å². The minimum absolute atomic E-state index is 0.00259. The lowest BCUT2D eigenvalue weighted by atomic mass is 9.85. The van der Waals surface area contributed by atoms with E-state index in [2.05, 4.69) is 247 Å². The fourth-order valence-electron chi connectivity index (χ4n) is 22.2. The molecule has 10 N–H and O–H groups in total. The van der Waals surface area contributed by atoms with E-state index in [1.807, 2.05) is 80.3 Å². The van der Waals surface area contributed by atoms with Crippen molar-refractivity contribution < 1.29 is 42.9 Å². The molecule has 0 saturated carbocycles. The number of piperidine rings is 5. The van der Waals surface area contributed by atoms with Gasteiger partial charge in [0.2, 0.25) is 23.6 Å². The van der Waals surface area contributed by atoms with E-state index in [0.717, 1.165) is 206 Å². The Morgan fingerprint density at radius 3 is 0.972 bits per heavy atom. The predicted molar refractivity (Wildman–Crippen MR) is 569 cm³/mol. The highest BCUT2D eigenvalue weighted by Gasteiger charge is 2.44. The Bertz CT molecular complexity index is 6150. The summed E-state index contributed by atoms with van der Waals surface area (Å²) >= 11 is 0. The fraction of sp³-hybridized carbons (Fsp3) is 0.427. The first-order valence-electron chi connectivity index (χ1n) is 51.3. The third kappa shape index (κ3) is 24.3. The van der Waals surface area contributed by atoms with Gasteiger partial charge in [0.15, 0.2) is 0 Å². The molecule has 25 nitrogen and oxygen atoms in total. The molecule has 5 fully saturated rings. The number of hydrogen-bond acceptors (Lipinski definition) is 20. The van der Waals surface area contributed by atoms with Crippen LogP contribution in [0.5, 0.6) is 28.7 Å². The number of fused-ring (bicyclic) bond motifs is 5. The van der Waals surface area contributed by atoms with Gasteiger partial charge in [-0.2, -0.15) is 0 Å². The Morgan fingerprint density at radius 2 is 0.620 bits per heavy atom. The van der Waals surface area contributed by atoms with Gasteiger partial charge in [0.05, 0.1) is 57.4 Å². The third-order valence-electron chi connectivity index (χ3n) is 30.2. The minimum Gasteiger partial charge on any atom is -0.496 e. The highest BCUT2D eigenvalue weighted by molar-refractivity contribution is 6.07. The molecule has 9 aliphatic heterocycles. The molecule has 10 aromatic carbocycles. The van der Waals surface area contributed by atoms with Crippen LogP contribution in [-0.2, 0) is 83.6 Å². The number of nitrogens with zero attached hydrogens (tertiary/aromatic N) is 5. The third-order valence-corrected chi connectivity index (χ3v) is 30.2. The second-order valence-electron chi connectivity index (χ2n) is 39.4. The summed E-state index contributed by atoms with van der Waals surface area (Å²) < 4.78 is 30.3. The van der Waals surface area contributed by atoms with Crippen molar-refractivity contribution in [2.24, 2.45) is 7.05 Å². The van der Waals surface area contributed by atoms with E-state index in [0.29, 0.717) is 106 Å². The van der Waals surface area contributed by atoms with Crippen LogP contribution in [0.2, 0.25) is 0 Å². The fourth-order valence-corrected chi connectivity index (χ4v) is 22.2. The summed E-state index contributed by atoms with van der Waals surface area (Å²) in [5, 5.41) is 38.1. The number of carbonyl (C=O) groups is 4. The maximum absolute atomic E-state index is 12.7. The summed E-state index contributed by atoms with van der Waals surface area (Å²) in [6, 6.07) is 80.9. The molecule has 0 bridgehead atoms. The summed E-state index contributed by atoms with van der Waals surface area (Å²) in [5.74, 6) is 4.99. The van der Waals surface area contributed by atoms with Crippen molar-refractivity contribution in [2.45, 2.75) is 222 Å². The number of carbonyl (C=O) groups excluding carboxylic acids is 4. The summed E-state index contributed by atoms with van der Waals surface area (Å²) in [7, 11) is 16.0. The normalized spacial score (nSPS) is 21.7. The molecule has 1 aromatic heterocycles.